The predicted molar refractivity (Wildman–Crippen MR) is 105 cm³/mol. The van der Waals surface area contributed by atoms with Crippen molar-refractivity contribution in [3.8, 4) is 17.5 Å². The number of nitriles is 1. The number of nitrogens with zero attached hydrogens (tertiary/aromatic N) is 3. The maximum absolute atomic E-state index is 12.5. The van der Waals surface area contributed by atoms with Gasteiger partial charge in [0, 0.05) is 23.8 Å². The van der Waals surface area contributed by atoms with E-state index < -0.39 is 0 Å². The molecule has 7 heteroatoms. The molecule has 0 aliphatic rings. The largest absolute Gasteiger partial charge is 0.497 e. The minimum atomic E-state index is -0.347. The number of thioether (sulfide) groups is 1. The van der Waals surface area contributed by atoms with E-state index in [4.69, 9.17) is 10.00 Å². The average Bonchev–Trinajstić information content (AvgIpc) is 3.16. The monoisotopic (exact) mass is 378 g/mol. The van der Waals surface area contributed by atoms with Gasteiger partial charge in [0.25, 0.3) is 0 Å². The van der Waals surface area contributed by atoms with Gasteiger partial charge in [-0.2, -0.15) is 5.26 Å². The van der Waals surface area contributed by atoms with Gasteiger partial charge in [-0.15, -0.1) is 0 Å². The van der Waals surface area contributed by atoms with E-state index in [0.29, 0.717) is 11.3 Å². The third-order valence-electron chi connectivity index (χ3n) is 3.89. The van der Waals surface area contributed by atoms with Crippen molar-refractivity contribution in [1.29, 1.82) is 5.26 Å². The predicted octanol–water partition coefficient (Wildman–Crippen LogP) is 3.87. The lowest BCUT2D eigenvalue weighted by Gasteiger charge is -2.13. The number of hydrogen-bond acceptors (Lipinski definition) is 5. The molecule has 6 nitrogen and oxygen atoms in total. The summed E-state index contributed by atoms with van der Waals surface area (Å²) in [5.74, 6) is 0.650. The molecule has 1 aromatic heterocycles. The molecule has 136 valence electrons. The number of carbonyl (C=O) groups is 1. The Morgan fingerprint density at radius 1 is 1.22 bits per heavy atom. The van der Waals surface area contributed by atoms with Crippen molar-refractivity contribution in [2.24, 2.45) is 0 Å². The average molecular weight is 378 g/mol. The summed E-state index contributed by atoms with van der Waals surface area (Å²) in [5, 5.41) is 12.1. The number of rotatable bonds is 6. The van der Waals surface area contributed by atoms with E-state index >= 15 is 0 Å². The summed E-state index contributed by atoms with van der Waals surface area (Å²) in [6.45, 7) is 1.83. The van der Waals surface area contributed by atoms with Gasteiger partial charge in [0.15, 0.2) is 5.16 Å². The molecule has 3 rings (SSSR count). The maximum Gasteiger partial charge on any atom is 0.237 e. The molecule has 0 aliphatic heterocycles. The molecule has 0 saturated carbocycles. The number of ether oxygens (including phenoxy) is 1. The number of carbonyl (C=O) groups excluding carboxylic acids is 1. The van der Waals surface area contributed by atoms with E-state index in [1.165, 1.54) is 11.8 Å². The molecule has 1 unspecified atom stereocenters. The SMILES string of the molecule is COc1ccc(-n2ccnc2SC(C)C(=O)Nc2ccc(C#N)cc2)cc1. The third-order valence-corrected chi connectivity index (χ3v) is 4.97. The summed E-state index contributed by atoms with van der Waals surface area (Å²) < 4.78 is 7.11. The molecule has 0 saturated heterocycles. The maximum atomic E-state index is 12.5. The van der Waals surface area contributed by atoms with Gasteiger partial charge < -0.3 is 10.1 Å². The first-order chi connectivity index (χ1) is 13.1. The van der Waals surface area contributed by atoms with Crippen LogP contribution in [0.4, 0.5) is 5.69 Å². The Morgan fingerprint density at radius 3 is 2.56 bits per heavy atom. The van der Waals surface area contributed by atoms with Gasteiger partial charge in [0.1, 0.15) is 5.75 Å². The van der Waals surface area contributed by atoms with Crippen LogP contribution in [0.1, 0.15) is 12.5 Å². The second-order valence-electron chi connectivity index (χ2n) is 5.72. The van der Waals surface area contributed by atoms with Crippen LogP contribution in [0.2, 0.25) is 0 Å². The summed E-state index contributed by atoms with van der Waals surface area (Å²) in [6.07, 6.45) is 3.56. The zero-order chi connectivity index (χ0) is 19.2. The van der Waals surface area contributed by atoms with Gasteiger partial charge in [-0.1, -0.05) is 11.8 Å². The Hall–Kier alpha value is -3.24. The molecule has 1 atom stereocenters. The first-order valence-corrected chi connectivity index (χ1v) is 9.14. The summed E-state index contributed by atoms with van der Waals surface area (Å²) >= 11 is 1.37. The van der Waals surface area contributed by atoms with E-state index in [1.54, 1.807) is 37.6 Å². The molecule has 2 aromatic carbocycles. The zero-order valence-electron chi connectivity index (χ0n) is 14.9. The van der Waals surface area contributed by atoms with Crippen LogP contribution in [0.3, 0.4) is 0 Å². The molecule has 1 heterocycles. The van der Waals surface area contributed by atoms with Crippen LogP contribution in [0.15, 0.2) is 66.1 Å². The van der Waals surface area contributed by atoms with Crippen molar-refractivity contribution in [2.45, 2.75) is 17.3 Å². The van der Waals surface area contributed by atoms with Crippen LogP contribution < -0.4 is 10.1 Å². The van der Waals surface area contributed by atoms with Crippen molar-refractivity contribution in [3.05, 3.63) is 66.5 Å². The lowest BCUT2D eigenvalue weighted by atomic mass is 10.2. The Balaban J connectivity index is 1.68. The van der Waals surface area contributed by atoms with E-state index in [0.717, 1.165) is 16.6 Å². The van der Waals surface area contributed by atoms with Crippen molar-refractivity contribution in [3.63, 3.8) is 0 Å². The lowest BCUT2D eigenvalue weighted by Crippen LogP contribution is -2.22. The van der Waals surface area contributed by atoms with Crippen molar-refractivity contribution >= 4 is 23.4 Å². The van der Waals surface area contributed by atoms with Crippen LogP contribution in [0.25, 0.3) is 5.69 Å². The fraction of sp³-hybridized carbons (Fsp3) is 0.150. The minimum Gasteiger partial charge on any atom is -0.497 e. The van der Waals surface area contributed by atoms with E-state index in [9.17, 15) is 4.79 Å². The van der Waals surface area contributed by atoms with Gasteiger partial charge in [-0.25, -0.2) is 4.98 Å². The van der Waals surface area contributed by atoms with Crippen LogP contribution in [-0.4, -0.2) is 27.8 Å². The highest BCUT2D eigenvalue weighted by atomic mass is 32.2. The highest BCUT2D eigenvalue weighted by Crippen LogP contribution is 2.26. The van der Waals surface area contributed by atoms with E-state index in [-0.39, 0.29) is 11.2 Å². The van der Waals surface area contributed by atoms with Gasteiger partial charge in [-0.05, 0) is 55.5 Å². The zero-order valence-corrected chi connectivity index (χ0v) is 15.7. The molecule has 1 amide bonds. The highest BCUT2D eigenvalue weighted by molar-refractivity contribution is 8.00. The second-order valence-corrected chi connectivity index (χ2v) is 7.02. The van der Waals surface area contributed by atoms with Crippen LogP contribution >= 0.6 is 11.8 Å². The highest BCUT2D eigenvalue weighted by Gasteiger charge is 2.18. The van der Waals surface area contributed by atoms with Crippen LogP contribution in [0, 0.1) is 11.3 Å². The summed E-state index contributed by atoms with van der Waals surface area (Å²) in [7, 11) is 1.63. The smallest absolute Gasteiger partial charge is 0.237 e. The first kappa shape index (κ1) is 18.5. The summed E-state index contributed by atoms with van der Waals surface area (Å²) in [6, 6.07) is 16.5. The molecule has 0 radical (unpaired) electrons. The number of amides is 1. The molecule has 0 bridgehead atoms. The Kier molecular flexibility index (Phi) is 5.79. The fourth-order valence-electron chi connectivity index (χ4n) is 2.40. The normalized spacial score (nSPS) is 11.4. The van der Waals surface area contributed by atoms with Crippen molar-refractivity contribution in [2.75, 3.05) is 12.4 Å². The Bertz CT molecular complexity index is 959. The number of benzene rings is 2. The van der Waals surface area contributed by atoms with Gasteiger partial charge in [-0.3, -0.25) is 9.36 Å². The molecule has 0 fully saturated rings. The fourth-order valence-corrected chi connectivity index (χ4v) is 3.28. The molecule has 27 heavy (non-hydrogen) atoms. The third kappa shape index (κ3) is 4.49. The standard InChI is InChI=1S/C20H18N4O2S/c1-14(19(25)23-16-5-3-15(13-21)4-6-16)27-20-22-11-12-24(20)17-7-9-18(26-2)10-8-17/h3-12,14H,1-2H3,(H,23,25). The topological polar surface area (TPSA) is 79.9 Å². The summed E-state index contributed by atoms with van der Waals surface area (Å²) in [5.41, 5.74) is 2.15. The van der Waals surface area contributed by atoms with Gasteiger partial charge >= 0.3 is 0 Å². The molecular weight excluding hydrogens is 360 g/mol. The van der Waals surface area contributed by atoms with E-state index in [2.05, 4.69) is 16.4 Å². The van der Waals surface area contributed by atoms with Gasteiger partial charge in [0.05, 0.1) is 24.0 Å². The molecule has 0 spiro atoms. The minimum absolute atomic E-state index is 0.131. The van der Waals surface area contributed by atoms with Crippen molar-refractivity contribution < 1.29 is 9.53 Å². The first-order valence-electron chi connectivity index (χ1n) is 8.26. The van der Waals surface area contributed by atoms with Crippen LogP contribution in [-0.2, 0) is 4.79 Å². The Morgan fingerprint density at radius 2 is 1.93 bits per heavy atom. The van der Waals surface area contributed by atoms with Gasteiger partial charge in [0.2, 0.25) is 5.91 Å². The lowest BCUT2D eigenvalue weighted by molar-refractivity contribution is -0.115. The molecule has 3 aromatic rings. The summed E-state index contributed by atoms with van der Waals surface area (Å²) in [4.78, 5) is 16.8. The van der Waals surface area contributed by atoms with E-state index in [1.807, 2.05) is 42.0 Å². The van der Waals surface area contributed by atoms with Crippen molar-refractivity contribution in [1.82, 2.24) is 9.55 Å². The molecule has 0 aliphatic carbocycles. The molecule has 1 N–H and O–H groups in total. The number of methoxy groups -OCH3 is 1. The molecular formula is C20H18N4O2S. The van der Waals surface area contributed by atoms with Crippen LogP contribution in [0.5, 0.6) is 5.75 Å². The number of hydrogen-bond donors (Lipinski definition) is 1. The second kappa shape index (κ2) is 8.43. The Labute approximate surface area is 161 Å². The number of anilines is 1. The number of imidazole rings is 1. The quantitative estimate of drug-likeness (QED) is 0.659. The number of nitrogens with one attached hydrogen (secondary N) is 1. The number of aromatic nitrogens is 2.